The third kappa shape index (κ3) is 8.06. The van der Waals surface area contributed by atoms with Gasteiger partial charge in [-0.2, -0.15) is 0 Å². The maximum absolute atomic E-state index is 14.0. The van der Waals surface area contributed by atoms with Gasteiger partial charge >= 0.3 is 5.97 Å². The first kappa shape index (κ1) is 32.3. The molecular weight excluding hydrogens is 714 g/mol. The van der Waals surface area contributed by atoms with Crippen molar-refractivity contribution in [3.05, 3.63) is 90.6 Å². The second-order valence-electron chi connectivity index (χ2n) is 9.06. The molecule has 3 aromatic carbocycles. The van der Waals surface area contributed by atoms with Crippen LogP contribution in [0.2, 0.25) is 5.02 Å². The molecule has 0 spiro atoms. The molecule has 0 unspecified atom stereocenters. The Bertz CT molecular complexity index is 1620. The van der Waals surface area contributed by atoms with E-state index in [1.165, 1.54) is 37.5 Å². The Morgan fingerprint density at radius 1 is 1.14 bits per heavy atom. The number of benzene rings is 3. The van der Waals surface area contributed by atoms with Crippen LogP contribution in [0.5, 0.6) is 11.5 Å². The molecule has 224 valence electrons. The maximum Gasteiger partial charge on any atom is 0.339 e. The highest BCUT2D eigenvalue weighted by Crippen LogP contribution is 2.38. The zero-order valence-corrected chi connectivity index (χ0v) is 26.7. The number of carbonyl (C=O) groups excluding carboxylic acids is 4. The molecule has 1 heterocycles. The Labute approximate surface area is 269 Å². The normalized spacial score (nSPS) is 13.8. The van der Waals surface area contributed by atoms with Gasteiger partial charge in [0, 0.05) is 11.3 Å². The maximum atomic E-state index is 14.0. The van der Waals surface area contributed by atoms with Crippen molar-refractivity contribution in [1.29, 1.82) is 0 Å². The van der Waals surface area contributed by atoms with Gasteiger partial charge in [-0.25, -0.2) is 9.18 Å². The van der Waals surface area contributed by atoms with Crippen molar-refractivity contribution in [3.63, 3.8) is 0 Å². The van der Waals surface area contributed by atoms with Crippen molar-refractivity contribution in [2.75, 3.05) is 25.6 Å². The van der Waals surface area contributed by atoms with Gasteiger partial charge in [0.2, 0.25) is 5.91 Å². The Morgan fingerprint density at radius 3 is 2.63 bits per heavy atom. The number of anilines is 1. The number of esters is 1. The molecule has 9 nitrogen and oxygen atoms in total. The van der Waals surface area contributed by atoms with E-state index in [2.05, 4.69) is 5.32 Å². The first-order valence-electron chi connectivity index (χ1n) is 12.9. The molecule has 3 amide bonds. The summed E-state index contributed by atoms with van der Waals surface area (Å²) in [5.74, 6) is -1.55. The average Bonchev–Trinajstić information content (AvgIpc) is 3.23. The third-order valence-corrected chi connectivity index (χ3v) is 8.00. The number of rotatable bonds is 11. The third-order valence-electron chi connectivity index (χ3n) is 5.96. The zero-order chi connectivity index (χ0) is 31.1. The van der Waals surface area contributed by atoms with Crippen LogP contribution in [-0.2, 0) is 20.9 Å². The molecular formula is C30H25ClFIN2O7S. The van der Waals surface area contributed by atoms with Crippen LogP contribution in [0.3, 0.4) is 0 Å². The van der Waals surface area contributed by atoms with Gasteiger partial charge in [-0.15, -0.1) is 0 Å². The lowest BCUT2D eigenvalue weighted by Gasteiger charge is -2.14. The zero-order valence-electron chi connectivity index (χ0n) is 22.9. The summed E-state index contributed by atoms with van der Waals surface area (Å²) in [5, 5.41) is 2.12. The lowest BCUT2D eigenvalue weighted by Crippen LogP contribution is -2.36. The molecule has 1 aliphatic rings. The number of halogens is 3. The predicted octanol–water partition coefficient (Wildman–Crippen LogP) is 6.91. The molecule has 1 N–H and O–H groups in total. The van der Waals surface area contributed by atoms with Crippen LogP contribution in [-0.4, -0.2) is 48.2 Å². The molecule has 1 aliphatic heterocycles. The van der Waals surface area contributed by atoms with Crippen LogP contribution < -0.4 is 14.8 Å². The van der Waals surface area contributed by atoms with Crippen molar-refractivity contribution in [1.82, 2.24) is 4.90 Å². The van der Waals surface area contributed by atoms with E-state index in [0.29, 0.717) is 44.4 Å². The first-order chi connectivity index (χ1) is 20.6. The lowest BCUT2D eigenvalue weighted by molar-refractivity contribution is -0.127. The average molecular weight is 739 g/mol. The van der Waals surface area contributed by atoms with E-state index in [1.54, 1.807) is 30.3 Å². The molecule has 0 bridgehead atoms. The first-order valence-corrected chi connectivity index (χ1v) is 15.1. The standard InChI is InChI=1S/C30H25ClFIN2O7S/c1-3-10-41-29(38)20-14-19(8-9-21(20)31)34-26(36)15-35-28(37)25(43-30(35)39)13-17-11-23(33)27(24(12-17)40-2)42-16-18-6-4-5-7-22(18)32/h4-9,11-14H,3,10,15-16H2,1-2H3,(H,34,36)/b25-13+. The number of imide groups is 1. The fourth-order valence-corrected chi connectivity index (χ4v) is 5.71. The Balaban J connectivity index is 1.44. The topological polar surface area (TPSA) is 111 Å². The second kappa shape index (κ2) is 14.7. The minimum atomic E-state index is -0.647. The number of hydrogen-bond acceptors (Lipinski definition) is 8. The highest BCUT2D eigenvalue weighted by molar-refractivity contribution is 14.1. The number of hydrogen-bond donors (Lipinski definition) is 1. The fraction of sp³-hybridized carbons (Fsp3) is 0.200. The van der Waals surface area contributed by atoms with Gasteiger partial charge < -0.3 is 19.5 Å². The molecule has 13 heteroatoms. The van der Waals surface area contributed by atoms with Gasteiger partial charge in [-0.1, -0.05) is 36.7 Å². The van der Waals surface area contributed by atoms with Gasteiger partial charge in [0.1, 0.15) is 19.0 Å². The van der Waals surface area contributed by atoms with Crippen molar-refractivity contribution in [2.45, 2.75) is 20.0 Å². The summed E-state index contributed by atoms with van der Waals surface area (Å²) >= 11 is 8.84. The summed E-state index contributed by atoms with van der Waals surface area (Å²) in [4.78, 5) is 51.6. The molecule has 3 aromatic rings. The van der Waals surface area contributed by atoms with Crippen molar-refractivity contribution >= 4 is 80.7 Å². The van der Waals surface area contributed by atoms with E-state index in [9.17, 15) is 23.6 Å². The van der Waals surface area contributed by atoms with E-state index in [1.807, 2.05) is 29.5 Å². The SMILES string of the molecule is CCCOC(=O)c1cc(NC(=O)CN2C(=O)S/C(=C/c3cc(I)c(OCc4ccccc4F)c(OC)c3)C2=O)ccc1Cl. The van der Waals surface area contributed by atoms with Crippen LogP contribution >= 0.6 is 46.0 Å². The summed E-state index contributed by atoms with van der Waals surface area (Å²) in [5.41, 5.74) is 1.27. The molecule has 4 rings (SSSR count). The van der Waals surface area contributed by atoms with Crippen LogP contribution in [0.4, 0.5) is 14.9 Å². The van der Waals surface area contributed by atoms with Crippen molar-refractivity contribution in [3.8, 4) is 11.5 Å². The lowest BCUT2D eigenvalue weighted by atomic mass is 10.1. The second-order valence-corrected chi connectivity index (χ2v) is 11.6. The van der Waals surface area contributed by atoms with E-state index < -0.39 is 29.6 Å². The van der Waals surface area contributed by atoms with Crippen LogP contribution in [0, 0.1) is 9.39 Å². The predicted molar refractivity (Wildman–Crippen MR) is 170 cm³/mol. The molecule has 0 aromatic heterocycles. The summed E-state index contributed by atoms with van der Waals surface area (Å²) in [6.07, 6.45) is 2.15. The summed E-state index contributed by atoms with van der Waals surface area (Å²) in [6, 6.07) is 13.9. The van der Waals surface area contributed by atoms with Crippen LogP contribution in [0.15, 0.2) is 59.5 Å². The Hall–Kier alpha value is -3.62. The van der Waals surface area contributed by atoms with Gasteiger partial charge in [0.05, 0.1) is 32.8 Å². The van der Waals surface area contributed by atoms with E-state index in [-0.39, 0.29) is 40.2 Å². The number of nitrogens with one attached hydrogen (secondary N) is 1. The fourth-order valence-electron chi connectivity index (χ4n) is 3.89. The largest absolute Gasteiger partial charge is 0.493 e. The molecule has 1 saturated heterocycles. The molecule has 43 heavy (non-hydrogen) atoms. The Kier molecular flexibility index (Phi) is 11.0. The minimum Gasteiger partial charge on any atom is -0.493 e. The van der Waals surface area contributed by atoms with E-state index in [0.717, 1.165) is 4.90 Å². The highest BCUT2D eigenvalue weighted by Gasteiger charge is 2.36. The van der Waals surface area contributed by atoms with Crippen molar-refractivity contribution < 1.29 is 37.8 Å². The summed E-state index contributed by atoms with van der Waals surface area (Å²) < 4.78 is 31.1. The number of ether oxygens (including phenoxy) is 3. The van der Waals surface area contributed by atoms with Crippen LogP contribution in [0.25, 0.3) is 6.08 Å². The number of carbonyl (C=O) groups is 4. The number of methoxy groups -OCH3 is 1. The summed E-state index contributed by atoms with van der Waals surface area (Å²) in [7, 11) is 1.45. The molecule has 0 atom stereocenters. The van der Waals surface area contributed by atoms with Gasteiger partial charge in [0.25, 0.3) is 11.1 Å². The number of nitrogens with zero attached hydrogens (tertiary/aromatic N) is 1. The molecule has 0 radical (unpaired) electrons. The number of thioether (sulfide) groups is 1. The van der Waals surface area contributed by atoms with Gasteiger partial charge in [0.15, 0.2) is 11.5 Å². The number of amides is 3. The highest BCUT2D eigenvalue weighted by atomic mass is 127. The minimum absolute atomic E-state index is 0.0143. The molecule has 0 saturated carbocycles. The summed E-state index contributed by atoms with van der Waals surface area (Å²) in [6.45, 7) is 1.52. The van der Waals surface area contributed by atoms with Crippen molar-refractivity contribution in [2.24, 2.45) is 0 Å². The van der Waals surface area contributed by atoms with Gasteiger partial charge in [-0.05, 0) is 88.8 Å². The molecule has 0 aliphatic carbocycles. The van der Waals surface area contributed by atoms with Gasteiger partial charge in [-0.3, -0.25) is 19.3 Å². The van der Waals surface area contributed by atoms with E-state index in [4.69, 9.17) is 25.8 Å². The Morgan fingerprint density at radius 2 is 1.91 bits per heavy atom. The monoisotopic (exact) mass is 738 g/mol. The quantitative estimate of drug-likeness (QED) is 0.128. The van der Waals surface area contributed by atoms with E-state index >= 15 is 0 Å². The molecule has 1 fully saturated rings. The van der Waals surface area contributed by atoms with Crippen LogP contribution in [0.1, 0.15) is 34.8 Å². The smallest absolute Gasteiger partial charge is 0.339 e.